The molecule has 5 nitrogen and oxygen atoms in total. The van der Waals surface area contributed by atoms with E-state index in [4.69, 9.17) is 10.9 Å². The quantitative estimate of drug-likeness (QED) is 0.271. The summed E-state index contributed by atoms with van der Waals surface area (Å²) in [7, 11) is -2.98. The molecule has 0 atom stereocenters. The van der Waals surface area contributed by atoms with Crippen LogP contribution in [0.3, 0.4) is 0 Å². The van der Waals surface area contributed by atoms with E-state index in [0.717, 1.165) is 0 Å². The zero-order valence-corrected chi connectivity index (χ0v) is 12.0. The standard InChI is InChI=1S/C11H15FN2O3S2/c1-19(16,17)5-4-18-7-9-3-2-8(6-10(9)12)11(13)14-15/h2-3,6,15H,4-5,7H2,1H3,(H2,13,14). The van der Waals surface area contributed by atoms with Crippen LogP contribution in [0.1, 0.15) is 11.1 Å². The number of nitrogens with zero attached hydrogens (tertiary/aromatic N) is 1. The number of oxime groups is 1. The van der Waals surface area contributed by atoms with Crippen LogP contribution in [0.25, 0.3) is 0 Å². The first-order valence-electron chi connectivity index (χ1n) is 5.35. The summed E-state index contributed by atoms with van der Waals surface area (Å²) in [5.41, 5.74) is 6.09. The summed E-state index contributed by atoms with van der Waals surface area (Å²) in [6.07, 6.45) is 1.17. The molecule has 0 fully saturated rings. The van der Waals surface area contributed by atoms with Crippen LogP contribution < -0.4 is 5.73 Å². The van der Waals surface area contributed by atoms with Crippen molar-refractivity contribution in [2.75, 3.05) is 17.8 Å². The van der Waals surface area contributed by atoms with Gasteiger partial charge in [0, 0.05) is 23.3 Å². The Kier molecular flexibility index (Phi) is 5.61. The van der Waals surface area contributed by atoms with Gasteiger partial charge in [0.15, 0.2) is 5.84 Å². The third-order valence-electron chi connectivity index (χ3n) is 2.31. The fraction of sp³-hybridized carbons (Fsp3) is 0.364. The van der Waals surface area contributed by atoms with Crippen LogP contribution in [-0.4, -0.2) is 37.2 Å². The molecule has 106 valence electrons. The molecule has 1 aromatic carbocycles. The molecular formula is C11H15FN2O3S2. The van der Waals surface area contributed by atoms with E-state index in [0.29, 0.717) is 22.6 Å². The van der Waals surface area contributed by atoms with Gasteiger partial charge in [-0.05, 0) is 11.6 Å². The summed E-state index contributed by atoms with van der Waals surface area (Å²) in [4.78, 5) is 0. The maximum atomic E-state index is 13.7. The smallest absolute Gasteiger partial charge is 0.170 e. The van der Waals surface area contributed by atoms with E-state index in [1.807, 2.05) is 0 Å². The summed E-state index contributed by atoms with van der Waals surface area (Å²) in [5.74, 6) is 0.241. The van der Waals surface area contributed by atoms with Gasteiger partial charge in [-0.25, -0.2) is 12.8 Å². The van der Waals surface area contributed by atoms with Crippen LogP contribution in [0.2, 0.25) is 0 Å². The zero-order valence-electron chi connectivity index (χ0n) is 10.3. The molecule has 1 aromatic rings. The van der Waals surface area contributed by atoms with E-state index in [-0.39, 0.29) is 11.6 Å². The lowest BCUT2D eigenvalue weighted by Gasteiger charge is -2.05. The minimum Gasteiger partial charge on any atom is -0.409 e. The van der Waals surface area contributed by atoms with Crippen molar-refractivity contribution in [3.05, 3.63) is 35.1 Å². The Morgan fingerprint density at radius 2 is 2.21 bits per heavy atom. The molecule has 0 heterocycles. The van der Waals surface area contributed by atoms with E-state index in [9.17, 15) is 12.8 Å². The molecule has 0 saturated heterocycles. The highest BCUT2D eigenvalue weighted by molar-refractivity contribution is 7.99. The van der Waals surface area contributed by atoms with Crippen LogP contribution in [0.5, 0.6) is 0 Å². The van der Waals surface area contributed by atoms with Gasteiger partial charge in [0.25, 0.3) is 0 Å². The van der Waals surface area contributed by atoms with Crippen molar-refractivity contribution >= 4 is 27.4 Å². The number of sulfone groups is 1. The third-order valence-corrected chi connectivity index (χ3v) is 4.52. The van der Waals surface area contributed by atoms with Crippen molar-refractivity contribution in [1.29, 1.82) is 0 Å². The van der Waals surface area contributed by atoms with E-state index in [1.54, 1.807) is 6.07 Å². The van der Waals surface area contributed by atoms with Gasteiger partial charge < -0.3 is 10.9 Å². The summed E-state index contributed by atoms with van der Waals surface area (Å²) in [5, 5.41) is 11.3. The Labute approximate surface area is 115 Å². The summed E-state index contributed by atoms with van der Waals surface area (Å²) >= 11 is 1.34. The number of rotatable bonds is 6. The Morgan fingerprint density at radius 3 is 2.74 bits per heavy atom. The molecular weight excluding hydrogens is 291 g/mol. The monoisotopic (exact) mass is 306 g/mol. The second-order valence-electron chi connectivity index (χ2n) is 3.97. The van der Waals surface area contributed by atoms with Gasteiger partial charge in [-0.15, -0.1) is 0 Å². The SMILES string of the molecule is CS(=O)(=O)CCSCc1ccc(C(N)=NO)cc1F. The van der Waals surface area contributed by atoms with Crippen molar-refractivity contribution in [2.24, 2.45) is 10.9 Å². The van der Waals surface area contributed by atoms with Crippen LogP contribution in [0.4, 0.5) is 4.39 Å². The van der Waals surface area contributed by atoms with Crippen LogP contribution in [0.15, 0.2) is 23.4 Å². The van der Waals surface area contributed by atoms with E-state index >= 15 is 0 Å². The van der Waals surface area contributed by atoms with Crippen LogP contribution >= 0.6 is 11.8 Å². The van der Waals surface area contributed by atoms with Gasteiger partial charge in [-0.2, -0.15) is 11.8 Å². The number of halogens is 1. The van der Waals surface area contributed by atoms with E-state index in [1.165, 1.54) is 30.2 Å². The number of thioether (sulfide) groups is 1. The lowest BCUT2D eigenvalue weighted by Crippen LogP contribution is -2.13. The van der Waals surface area contributed by atoms with Gasteiger partial charge in [0.2, 0.25) is 0 Å². The summed E-state index contributed by atoms with van der Waals surface area (Å²) < 4.78 is 35.5. The van der Waals surface area contributed by atoms with Crippen LogP contribution in [-0.2, 0) is 15.6 Å². The molecule has 0 radical (unpaired) electrons. The lowest BCUT2D eigenvalue weighted by molar-refractivity contribution is 0.318. The van der Waals surface area contributed by atoms with Gasteiger partial charge >= 0.3 is 0 Å². The number of hydrogen-bond donors (Lipinski definition) is 2. The fourth-order valence-electron chi connectivity index (χ4n) is 1.27. The van der Waals surface area contributed by atoms with Crippen molar-refractivity contribution in [3.8, 4) is 0 Å². The first kappa shape index (κ1) is 15.8. The highest BCUT2D eigenvalue weighted by Crippen LogP contribution is 2.17. The predicted molar refractivity (Wildman–Crippen MR) is 74.8 cm³/mol. The second-order valence-corrected chi connectivity index (χ2v) is 7.34. The normalized spacial score (nSPS) is 12.6. The number of nitrogens with two attached hydrogens (primary N) is 1. The topological polar surface area (TPSA) is 92.8 Å². The highest BCUT2D eigenvalue weighted by Gasteiger charge is 2.07. The maximum Gasteiger partial charge on any atom is 0.170 e. The largest absolute Gasteiger partial charge is 0.409 e. The fourth-order valence-corrected chi connectivity index (χ4v) is 3.55. The van der Waals surface area contributed by atoms with Gasteiger partial charge in [0.05, 0.1) is 5.75 Å². The average Bonchev–Trinajstić information content (AvgIpc) is 2.33. The molecule has 0 aromatic heterocycles. The molecule has 0 spiro atoms. The Bertz CT molecular complexity index is 573. The molecule has 0 amide bonds. The molecule has 0 aliphatic carbocycles. The summed E-state index contributed by atoms with van der Waals surface area (Å²) in [6, 6.07) is 4.27. The second kappa shape index (κ2) is 6.76. The van der Waals surface area contributed by atoms with Crippen LogP contribution in [0, 0.1) is 5.82 Å². The van der Waals surface area contributed by atoms with Gasteiger partial charge in [0.1, 0.15) is 15.7 Å². The third kappa shape index (κ3) is 5.48. The molecule has 8 heteroatoms. The minimum absolute atomic E-state index is 0.0709. The number of benzene rings is 1. The zero-order chi connectivity index (χ0) is 14.5. The minimum atomic E-state index is -2.98. The number of hydrogen-bond acceptors (Lipinski definition) is 5. The Balaban J connectivity index is 2.61. The first-order valence-corrected chi connectivity index (χ1v) is 8.57. The maximum absolute atomic E-state index is 13.7. The first-order chi connectivity index (χ1) is 8.83. The van der Waals surface area contributed by atoms with E-state index < -0.39 is 15.7 Å². The van der Waals surface area contributed by atoms with E-state index in [2.05, 4.69) is 5.16 Å². The predicted octanol–water partition coefficient (Wildman–Crippen LogP) is 1.20. The molecule has 19 heavy (non-hydrogen) atoms. The van der Waals surface area contributed by atoms with Crippen molar-refractivity contribution < 1.29 is 18.0 Å². The lowest BCUT2D eigenvalue weighted by atomic mass is 10.1. The van der Waals surface area contributed by atoms with Gasteiger partial charge in [-0.3, -0.25) is 0 Å². The van der Waals surface area contributed by atoms with Crippen molar-refractivity contribution in [3.63, 3.8) is 0 Å². The molecule has 0 unspecified atom stereocenters. The molecule has 1 rings (SSSR count). The Hall–Kier alpha value is -1.28. The van der Waals surface area contributed by atoms with Crippen molar-refractivity contribution in [1.82, 2.24) is 0 Å². The Morgan fingerprint density at radius 1 is 1.53 bits per heavy atom. The number of amidine groups is 1. The van der Waals surface area contributed by atoms with Gasteiger partial charge in [-0.1, -0.05) is 17.3 Å². The average molecular weight is 306 g/mol. The van der Waals surface area contributed by atoms with Crippen molar-refractivity contribution in [2.45, 2.75) is 5.75 Å². The highest BCUT2D eigenvalue weighted by atomic mass is 32.2. The molecule has 0 saturated carbocycles. The molecule has 0 aliphatic heterocycles. The molecule has 3 N–H and O–H groups in total. The molecule has 0 bridgehead atoms. The summed E-state index contributed by atoms with van der Waals surface area (Å²) in [6.45, 7) is 0. The molecule has 0 aliphatic rings.